The lowest BCUT2D eigenvalue weighted by Gasteiger charge is -2.10. The first-order valence-electron chi connectivity index (χ1n) is 6.13. The molecule has 15 heavy (non-hydrogen) atoms. The van der Waals surface area contributed by atoms with E-state index in [9.17, 15) is 4.79 Å². The van der Waals surface area contributed by atoms with Gasteiger partial charge in [-0.05, 0) is 31.8 Å². The van der Waals surface area contributed by atoms with Crippen LogP contribution >= 0.6 is 0 Å². The fourth-order valence-electron chi connectivity index (χ4n) is 2.17. The van der Waals surface area contributed by atoms with Crippen molar-refractivity contribution in [2.45, 2.75) is 45.4 Å². The first-order valence-corrected chi connectivity index (χ1v) is 6.13. The molecule has 0 amide bonds. The number of carboxylic acid groups (broad SMARTS) is 1. The van der Waals surface area contributed by atoms with Crippen LogP contribution in [0.5, 0.6) is 0 Å². The predicted molar refractivity (Wildman–Crippen MR) is 60.9 cm³/mol. The second-order valence-corrected chi connectivity index (χ2v) is 4.72. The fraction of sp³-hybridized carbons (Fsp3) is 0.917. The Balaban J connectivity index is 1.90. The Morgan fingerprint density at radius 2 is 2.07 bits per heavy atom. The van der Waals surface area contributed by atoms with E-state index in [-0.39, 0.29) is 5.92 Å². The third kappa shape index (κ3) is 5.17. The highest BCUT2D eigenvalue weighted by atomic mass is 16.4. The third-order valence-electron chi connectivity index (χ3n) is 3.38. The van der Waals surface area contributed by atoms with Gasteiger partial charge in [-0.1, -0.05) is 32.6 Å². The zero-order valence-corrected chi connectivity index (χ0v) is 9.67. The van der Waals surface area contributed by atoms with E-state index in [4.69, 9.17) is 5.11 Å². The van der Waals surface area contributed by atoms with Gasteiger partial charge in [0.05, 0.1) is 5.92 Å². The number of carboxylic acids is 1. The molecule has 88 valence electrons. The van der Waals surface area contributed by atoms with Crippen LogP contribution in [0.25, 0.3) is 0 Å². The molecule has 1 fully saturated rings. The van der Waals surface area contributed by atoms with Gasteiger partial charge in [-0.3, -0.25) is 4.79 Å². The summed E-state index contributed by atoms with van der Waals surface area (Å²) in [6.07, 6.45) is 7.60. The topological polar surface area (TPSA) is 49.3 Å². The Labute approximate surface area is 92.3 Å². The van der Waals surface area contributed by atoms with Crippen molar-refractivity contribution in [3.8, 4) is 0 Å². The average molecular weight is 213 g/mol. The molecule has 0 aromatic rings. The van der Waals surface area contributed by atoms with Gasteiger partial charge in [-0.15, -0.1) is 0 Å². The van der Waals surface area contributed by atoms with Crippen molar-refractivity contribution in [3.63, 3.8) is 0 Å². The van der Waals surface area contributed by atoms with Crippen LogP contribution in [0.1, 0.15) is 45.4 Å². The van der Waals surface area contributed by atoms with Gasteiger partial charge in [0.1, 0.15) is 0 Å². The van der Waals surface area contributed by atoms with Gasteiger partial charge < -0.3 is 10.4 Å². The van der Waals surface area contributed by atoms with Crippen molar-refractivity contribution < 1.29 is 9.90 Å². The average Bonchev–Trinajstić information content (AvgIpc) is 2.69. The zero-order valence-electron chi connectivity index (χ0n) is 9.67. The van der Waals surface area contributed by atoms with Crippen LogP contribution in [0.2, 0.25) is 0 Å². The largest absolute Gasteiger partial charge is 0.481 e. The van der Waals surface area contributed by atoms with Gasteiger partial charge in [-0.2, -0.15) is 0 Å². The quantitative estimate of drug-likeness (QED) is 0.638. The first kappa shape index (κ1) is 12.5. The molecule has 2 N–H and O–H groups in total. The predicted octanol–water partition coefficient (Wildman–Crippen LogP) is 2.27. The second kappa shape index (κ2) is 6.83. The SMILES string of the molecule is CC(CCNCCC1CCCC1)C(=O)O. The van der Waals surface area contributed by atoms with E-state index in [1.165, 1.54) is 32.1 Å². The highest BCUT2D eigenvalue weighted by Gasteiger charge is 2.14. The van der Waals surface area contributed by atoms with E-state index in [0.29, 0.717) is 0 Å². The van der Waals surface area contributed by atoms with Gasteiger partial charge in [0.25, 0.3) is 0 Å². The molecule has 0 heterocycles. The number of aliphatic carboxylic acids is 1. The molecule has 0 aliphatic heterocycles. The molecule has 3 nitrogen and oxygen atoms in total. The summed E-state index contributed by atoms with van der Waals surface area (Å²) in [5, 5.41) is 12.0. The third-order valence-corrected chi connectivity index (χ3v) is 3.38. The van der Waals surface area contributed by atoms with Crippen LogP contribution in [0.3, 0.4) is 0 Å². The lowest BCUT2D eigenvalue weighted by molar-refractivity contribution is -0.141. The van der Waals surface area contributed by atoms with Crippen molar-refractivity contribution in [2.24, 2.45) is 11.8 Å². The minimum absolute atomic E-state index is 0.219. The van der Waals surface area contributed by atoms with Crippen molar-refractivity contribution in [1.82, 2.24) is 5.32 Å². The molecule has 1 aliphatic rings. The van der Waals surface area contributed by atoms with Crippen LogP contribution in [-0.4, -0.2) is 24.2 Å². The maximum Gasteiger partial charge on any atom is 0.306 e. The monoisotopic (exact) mass is 213 g/mol. The van der Waals surface area contributed by atoms with E-state index >= 15 is 0 Å². The Kier molecular flexibility index (Phi) is 5.69. The van der Waals surface area contributed by atoms with Gasteiger partial charge in [0.2, 0.25) is 0 Å². The Bertz CT molecular complexity index is 188. The number of carbonyl (C=O) groups is 1. The summed E-state index contributed by atoms with van der Waals surface area (Å²) >= 11 is 0. The zero-order chi connectivity index (χ0) is 11.1. The number of rotatable bonds is 7. The first-order chi connectivity index (χ1) is 7.20. The summed E-state index contributed by atoms with van der Waals surface area (Å²) < 4.78 is 0. The molecule has 1 aliphatic carbocycles. The maximum absolute atomic E-state index is 10.5. The van der Waals surface area contributed by atoms with Crippen LogP contribution in [0.4, 0.5) is 0 Å². The molecule has 1 saturated carbocycles. The standard InChI is InChI=1S/C12H23NO2/c1-10(12(14)15)6-8-13-9-7-11-4-2-3-5-11/h10-11,13H,2-9H2,1H3,(H,14,15). The molecule has 0 aromatic carbocycles. The minimum atomic E-state index is -0.687. The lowest BCUT2D eigenvalue weighted by atomic mass is 10.0. The summed E-state index contributed by atoms with van der Waals surface area (Å²) in [6, 6.07) is 0. The second-order valence-electron chi connectivity index (χ2n) is 4.72. The summed E-state index contributed by atoms with van der Waals surface area (Å²) in [5.74, 6) is 0.0194. The van der Waals surface area contributed by atoms with Gasteiger partial charge in [-0.25, -0.2) is 0 Å². The maximum atomic E-state index is 10.5. The van der Waals surface area contributed by atoms with Crippen LogP contribution in [0, 0.1) is 11.8 Å². The molecule has 0 saturated heterocycles. The molecular weight excluding hydrogens is 190 g/mol. The van der Waals surface area contributed by atoms with E-state index in [1.807, 2.05) is 0 Å². The number of hydrogen-bond donors (Lipinski definition) is 2. The normalized spacial score (nSPS) is 19.3. The van der Waals surface area contributed by atoms with Crippen molar-refractivity contribution >= 4 is 5.97 Å². The van der Waals surface area contributed by atoms with Crippen molar-refractivity contribution in [1.29, 1.82) is 0 Å². The molecule has 0 radical (unpaired) electrons. The molecular formula is C12H23NO2. The van der Waals surface area contributed by atoms with E-state index < -0.39 is 5.97 Å². The smallest absolute Gasteiger partial charge is 0.306 e. The summed E-state index contributed by atoms with van der Waals surface area (Å²) in [4.78, 5) is 10.5. The fourth-order valence-corrected chi connectivity index (χ4v) is 2.17. The molecule has 1 atom stereocenters. The molecule has 1 unspecified atom stereocenters. The highest BCUT2D eigenvalue weighted by molar-refractivity contribution is 5.69. The lowest BCUT2D eigenvalue weighted by Crippen LogP contribution is -2.22. The van der Waals surface area contributed by atoms with Gasteiger partial charge in [0.15, 0.2) is 0 Å². The van der Waals surface area contributed by atoms with Crippen LogP contribution in [-0.2, 0) is 4.79 Å². The Hall–Kier alpha value is -0.570. The Morgan fingerprint density at radius 3 is 2.67 bits per heavy atom. The van der Waals surface area contributed by atoms with E-state index in [2.05, 4.69) is 5.32 Å². The minimum Gasteiger partial charge on any atom is -0.481 e. The summed E-state index contributed by atoms with van der Waals surface area (Å²) in [6.45, 7) is 3.65. The van der Waals surface area contributed by atoms with E-state index in [0.717, 1.165) is 25.4 Å². The number of nitrogens with one attached hydrogen (secondary N) is 1. The van der Waals surface area contributed by atoms with Crippen molar-refractivity contribution in [2.75, 3.05) is 13.1 Å². The summed E-state index contributed by atoms with van der Waals surface area (Å²) in [7, 11) is 0. The van der Waals surface area contributed by atoms with Crippen molar-refractivity contribution in [3.05, 3.63) is 0 Å². The van der Waals surface area contributed by atoms with E-state index in [1.54, 1.807) is 6.92 Å². The summed E-state index contributed by atoms with van der Waals surface area (Å²) in [5.41, 5.74) is 0. The van der Waals surface area contributed by atoms with Gasteiger partial charge >= 0.3 is 5.97 Å². The molecule has 0 aromatic heterocycles. The van der Waals surface area contributed by atoms with Gasteiger partial charge in [0, 0.05) is 0 Å². The Morgan fingerprint density at radius 1 is 1.40 bits per heavy atom. The van der Waals surface area contributed by atoms with Crippen LogP contribution < -0.4 is 5.32 Å². The highest BCUT2D eigenvalue weighted by Crippen LogP contribution is 2.26. The van der Waals surface area contributed by atoms with Crippen LogP contribution in [0.15, 0.2) is 0 Å². The molecule has 0 bridgehead atoms. The molecule has 1 rings (SSSR count). The molecule has 3 heteroatoms. The molecule has 0 spiro atoms. The number of hydrogen-bond acceptors (Lipinski definition) is 2.